The molecule has 2 heterocycles. The molecule has 3 aliphatic rings. The van der Waals surface area contributed by atoms with E-state index in [1.54, 1.807) is 0 Å². The van der Waals surface area contributed by atoms with Crippen molar-refractivity contribution in [1.82, 2.24) is 5.32 Å². The quantitative estimate of drug-likeness (QED) is 0.686. The standard InChI is InChI=1S/C19H17ClN2O2/c20-12-4-5-17-15(6-12)16-8-18(16)22(17)13-2-1-3-14(7-13)24-19(23)11-9-21-10-11/h1-7,11,16,18,21H,8-10H2. The number of carbonyl (C=O) groups excluding carboxylic acids is 1. The number of anilines is 2. The van der Waals surface area contributed by atoms with Crippen LogP contribution in [0.5, 0.6) is 5.75 Å². The van der Waals surface area contributed by atoms with E-state index in [4.69, 9.17) is 16.3 Å². The van der Waals surface area contributed by atoms with Crippen molar-refractivity contribution >= 4 is 28.9 Å². The van der Waals surface area contributed by atoms with Crippen molar-refractivity contribution in [2.24, 2.45) is 5.92 Å². The van der Waals surface area contributed by atoms with Gasteiger partial charge in [-0.2, -0.15) is 0 Å². The number of esters is 1. The first kappa shape index (κ1) is 14.3. The Morgan fingerprint density at radius 3 is 2.88 bits per heavy atom. The molecule has 2 unspecified atom stereocenters. The maximum Gasteiger partial charge on any atom is 0.316 e. The molecule has 2 fully saturated rings. The summed E-state index contributed by atoms with van der Waals surface area (Å²) in [6.45, 7) is 1.42. The smallest absolute Gasteiger partial charge is 0.316 e. The molecule has 1 aliphatic carbocycles. The maximum absolute atomic E-state index is 12.0. The first-order chi connectivity index (χ1) is 11.7. The highest BCUT2D eigenvalue weighted by atomic mass is 35.5. The summed E-state index contributed by atoms with van der Waals surface area (Å²) in [6, 6.07) is 14.4. The number of rotatable bonds is 3. The number of nitrogens with one attached hydrogen (secondary N) is 1. The third-order valence-corrected chi connectivity index (χ3v) is 5.40. The Balaban J connectivity index is 1.44. The molecule has 2 aliphatic heterocycles. The van der Waals surface area contributed by atoms with E-state index in [9.17, 15) is 4.79 Å². The van der Waals surface area contributed by atoms with Crippen LogP contribution in [0.25, 0.3) is 0 Å². The zero-order chi connectivity index (χ0) is 16.3. The minimum Gasteiger partial charge on any atom is -0.426 e. The third-order valence-electron chi connectivity index (χ3n) is 5.17. The summed E-state index contributed by atoms with van der Waals surface area (Å²) >= 11 is 6.15. The van der Waals surface area contributed by atoms with Gasteiger partial charge >= 0.3 is 5.97 Å². The zero-order valence-electron chi connectivity index (χ0n) is 13.0. The van der Waals surface area contributed by atoms with Crippen LogP contribution in [0, 0.1) is 5.92 Å². The number of halogens is 1. The van der Waals surface area contributed by atoms with E-state index < -0.39 is 0 Å². The molecule has 5 rings (SSSR count). The lowest BCUT2D eigenvalue weighted by molar-refractivity contribution is -0.140. The van der Waals surface area contributed by atoms with Crippen molar-refractivity contribution in [2.75, 3.05) is 18.0 Å². The highest BCUT2D eigenvalue weighted by Gasteiger charge is 2.51. The summed E-state index contributed by atoms with van der Waals surface area (Å²) < 4.78 is 5.55. The van der Waals surface area contributed by atoms with E-state index in [-0.39, 0.29) is 11.9 Å². The Kier molecular flexibility index (Phi) is 3.12. The number of carbonyl (C=O) groups is 1. The number of benzene rings is 2. The molecule has 122 valence electrons. The largest absolute Gasteiger partial charge is 0.426 e. The van der Waals surface area contributed by atoms with Crippen LogP contribution in [0.1, 0.15) is 17.9 Å². The molecule has 2 aromatic carbocycles. The summed E-state index contributed by atoms with van der Waals surface area (Å²) in [5.41, 5.74) is 3.61. The van der Waals surface area contributed by atoms with Gasteiger partial charge in [0.25, 0.3) is 0 Å². The Morgan fingerprint density at radius 1 is 1.21 bits per heavy atom. The van der Waals surface area contributed by atoms with Crippen LogP contribution in [-0.4, -0.2) is 25.1 Å². The second kappa shape index (κ2) is 5.23. The Bertz CT molecular complexity index is 834. The SMILES string of the molecule is O=C(Oc1cccc(N2c3ccc(Cl)cc3C3CC32)c1)C1CNC1. The van der Waals surface area contributed by atoms with E-state index >= 15 is 0 Å². The predicted molar refractivity (Wildman–Crippen MR) is 93.2 cm³/mol. The lowest BCUT2D eigenvalue weighted by Gasteiger charge is -2.26. The van der Waals surface area contributed by atoms with E-state index in [1.165, 1.54) is 11.3 Å². The number of nitrogens with zero attached hydrogens (tertiary/aromatic N) is 1. The van der Waals surface area contributed by atoms with Crippen molar-refractivity contribution in [2.45, 2.75) is 18.4 Å². The van der Waals surface area contributed by atoms with Gasteiger partial charge in [0.1, 0.15) is 5.75 Å². The van der Waals surface area contributed by atoms with Gasteiger partial charge in [-0.1, -0.05) is 17.7 Å². The first-order valence-corrected chi connectivity index (χ1v) is 8.69. The minimum atomic E-state index is -0.149. The zero-order valence-corrected chi connectivity index (χ0v) is 13.8. The molecule has 2 atom stereocenters. The van der Waals surface area contributed by atoms with Gasteiger partial charge in [-0.25, -0.2) is 0 Å². The lowest BCUT2D eigenvalue weighted by atomic mass is 10.0. The molecule has 0 spiro atoms. The fourth-order valence-electron chi connectivity index (χ4n) is 3.70. The predicted octanol–water partition coefficient (Wildman–Crippen LogP) is 3.47. The molecular formula is C19H17ClN2O2. The van der Waals surface area contributed by atoms with E-state index in [0.717, 1.165) is 17.1 Å². The second-order valence-corrected chi connectivity index (χ2v) is 7.19. The Morgan fingerprint density at radius 2 is 2.08 bits per heavy atom. The average molecular weight is 341 g/mol. The molecule has 0 aromatic heterocycles. The van der Waals surface area contributed by atoms with Crippen molar-refractivity contribution in [1.29, 1.82) is 0 Å². The molecule has 1 saturated heterocycles. The third kappa shape index (κ3) is 2.21. The highest BCUT2D eigenvalue weighted by molar-refractivity contribution is 6.30. The molecule has 0 radical (unpaired) electrons. The molecule has 2 aromatic rings. The fraction of sp³-hybridized carbons (Fsp3) is 0.316. The number of ether oxygens (including phenoxy) is 1. The van der Waals surface area contributed by atoms with Crippen LogP contribution in [0.3, 0.4) is 0 Å². The summed E-state index contributed by atoms with van der Waals surface area (Å²) in [6.07, 6.45) is 1.16. The van der Waals surface area contributed by atoms with Gasteiger partial charge in [-0.3, -0.25) is 4.79 Å². The van der Waals surface area contributed by atoms with Gasteiger partial charge in [0, 0.05) is 47.5 Å². The van der Waals surface area contributed by atoms with Crippen molar-refractivity contribution in [3.8, 4) is 5.75 Å². The fourth-order valence-corrected chi connectivity index (χ4v) is 3.88. The summed E-state index contributed by atoms with van der Waals surface area (Å²) in [5.74, 6) is 1.02. The molecule has 0 bridgehead atoms. The van der Waals surface area contributed by atoms with Crippen LogP contribution in [0.15, 0.2) is 42.5 Å². The second-order valence-electron chi connectivity index (χ2n) is 6.76. The van der Waals surface area contributed by atoms with Gasteiger partial charge in [-0.15, -0.1) is 0 Å². The van der Waals surface area contributed by atoms with Gasteiger partial charge in [0.2, 0.25) is 0 Å². The molecule has 1 N–H and O–H groups in total. The minimum absolute atomic E-state index is 0.0175. The lowest BCUT2D eigenvalue weighted by Crippen LogP contribution is -2.48. The molecule has 5 heteroatoms. The Labute approximate surface area is 145 Å². The van der Waals surface area contributed by atoms with Crippen LogP contribution in [0.4, 0.5) is 11.4 Å². The van der Waals surface area contributed by atoms with Gasteiger partial charge in [-0.05, 0) is 42.3 Å². The first-order valence-electron chi connectivity index (χ1n) is 8.32. The van der Waals surface area contributed by atoms with Crippen LogP contribution < -0.4 is 15.0 Å². The number of fused-ring (bicyclic) bond motifs is 3. The molecule has 24 heavy (non-hydrogen) atoms. The molecule has 4 nitrogen and oxygen atoms in total. The molecular weight excluding hydrogens is 324 g/mol. The normalized spacial score (nSPS) is 24.1. The summed E-state index contributed by atoms with van der Waals surface area (Å²) in [5, 5.41) is 3.88. The van der Waals surface area contributed by atoms with Gasteiger partial charge < -0.3 is 15.0 Å². The summed E-state index contributed by atoms with van der Waals surface area (Å²) in [7, 11) is 0. The van der Waals surface area contributed by atoms with Crippen LogP contribution in [0.2, 0.25) is 5.02 Å². The molecule has 0 amide bonds. The van der Waals surface area contributed by atoms with Crippen molar-refractivity contribution in [3.63, 3.8) is 0 Å². The van der Waals surface area contributed by atoms with Crippen molar-refractivity contribution in [3.05, 3.63) is 53.1 Å². The maximum atomic E-state index is 12.0. The monoisotopic (exact) mass is 340 g/mol. The van der Waals surface area contributed by atoms with E-state index in [1.807, 2.05) is 24.3 Å². The highest BCUT2D eigenvalue weighted by Crippen LogP contribution is 2.59. The van der Waals surface area contributed by atoms with Crippen LogP contribution >= 0.6 is 11.6 Å². The van der Waals surface area contributed by atoms with Gasteiger partial charge in [0.15, 0.2) is 0 Å². The Hall–Kier alpha value is -2.04. The number of hydrogen-bond donors (Lipinski definition) is 1. The molecule has 1 saturated carbocycles. The van der Waals surface area contributed by atoms with Crippen molar-refractivity contribution < 1.29 is 9.53 Å². The number of hydrogen-bond acceptors (Lipinski definition) is 4. The average Bonchev–Trinajstić information content (AvgIpc) is 3.22. The van der Waals surface area contributed by atoms with Gasteiger partial charge in [0.05, 0.1) is 5.92 Å². The van der Waals surface area contributed by atoms with E-state index in [2.05, 4.69) is 28.4 Å². The van der Waals surface area contributed by atoms with E-state index in [0.29, 0.717) is 30.8 Å². The van der Waals surface area contributed by atoms with Crippen LogP contribution in [-0.2, 0) is 4.79 Å². The summed E-state index contributed by atoms with van der Waals surface area (Å²) in [4.78, 5) is 14.4. The topological polar surface area (TPSA) is 41.6 Å².